The van der Waals surface area contributed by atoms with Gasteiger partial charge in [-0.25, -0.2) is 19.3 Å². The number of nitriles is 4. The molecule has 6 rings (SSSR count). The Labute approximate surface area is 413 Å². The van der Waals surface area contributed by atoms with E-state index >= 15 is 0 Å². The van der Waals surface area contributed by atoms with E-state index in [0.29, 0.717) is 77.8 Å². The van der Waals surface area contributed by atoms with Crippen LogP contribution in [0.3, 0.4) is 0 Å². The van der Waals surface area contributed by atoms with Crippen LogP contribution >= 0.6 is 0 Å². The molecular weight excluding hydrogens is 982 g/mol. The van der Waals surface area contributed by atoms with E-state index in [-0.39, 0.29) is 33.9 Å². The molecule has 24 heteroatoms. The molecule has 0 bridgehead atoms. The Hall–Kier alpha value is -7.44. The molecule has 3 heterocycles. The maximum absolute atomic E-state index is 14.3. The van der Waals surface area contributed by atoms with Crippen LogP contribution in [0, 0.1) is 82.1 Å². The first-order chi connectivity index (χ1) is 34.6. The van der Waals surface area contributed by atoms with Crippen LogP contribution in [-0.2, 0) is 28.6 Å². The van der Waals surface area contributed by atoms with Crippen molar-refractivity contribution in [3.05, 3.63) is 90.3 Å². The van der Waals surface area contributed by atoms with Crippen LogP contribution in [0.1, 0.15) is 77.0 Å². The van der Waals surface area contributed by atoms with Gasteiger partial charge in [0.1, 0.15) is 48.6 Å². The number of carbonyl (C=O) groups is 3. The van der Waals surface area contributed by atoms with Gasteiger partial charge < -0.3 is 28.9 Å². The topological polar surface area (TPSA) is 192 Å². The highest BCUT2D eigenvalue weighted by Crippen LogP contribution is 2.48. The maximum Gasteiger partial charge on any atom is 0.392 e. The van der Waals surface area contributed by atoms with Crippen LogP contribution in [0.15, 0.2) is 67.5 Å². The first-order valence-electron chi connectivity index (χ1n) is 23.3. The second-order valence-corrected chi connectivity index (χ2v) is 18.3. The predicted molar refractivity (Wildman–Crippen MR) is 233 cm³/mol. The van der Waals surface area contributed by atoms with Crippen molar-refractivity contribution in [3.8, 4) is 24.3 Å². The van der Waals surface area contributed by atoms with E-state index < -0.39 is 152 Å². The van der Waals surface area contributed by atoms with Gasteiger partial charge in [0.15, 0.2) is 5.70 Å². The van der Waals surface area contributed by atoms with Crippen molar-refractivity contribution in [2.24, 2.45) is 23.7 Å². The van der Waals surface area contributed by atoms with E-state index in [1.54, 1.807) is 14.7 Å². The fourth-order valence-corrected chi connectivity index (χ4v) is 9.99. The lowest BCUT2D eigenvalue weighted by Crippen LogP contribution is -2.34. The van der Waals surface area contributed by atoms with E-state index in [2.05, 4.69) is 9.69 Å². The Bertz CT molecular complexity index is 2400. The number of alkyl halides is 9. The summed E-state index contributed by atoms with van der Waals surface area (Å²) in [4.78, 5) is 52.5. The molecule has 0 aromatic carbocycles. The third-order valence-electron chi connectivity index (χ3n) is 13.8. The monoisotopic (exact) mass is 1030 g/mol. The molecule has 0 amide bonds. The molecule has 3 aliphatic carbocycles. The van der Waals surface area contributed by atoms with Crippen LogP contribution in [-0.4, -0.2) is 110 Å². The molecule has 0 saturated carbocycles. The molecule has 386 valence electrons. The molecule has 0 N–H and O–H groups in total. The highest BCUT2D eigenvalue weighted by atomic mass is 19.4. The van der Waals surface area contributed by atoms with Crippen molar-refractivity contribution in [2.75, 3.05) is 59.1 Å². The van der Waals surface area contributed by atoms with Crippen LogP contribution in [0.5, 0.6) is 0 Å². The minimum atomic E-state index is -4.84. The van der Waals surface area contributed by atoms with Gasteiger partial charge in [-0.2, -0.15) is 60.6 Å². The zero-order valence-corrected chi connectivity index (χ0v) is 39.0. The van der Waals surface area contributed by atoms with Gasteiger partial charge in [-0.15, -0.1) is 0 Å². The van der Waals surface area contributed by atoms with Gasteiger partial charge in [0.2, 0.25) is 0 Å². The summed E-state index contributed by atoms with van der Waals surface area (Å²) in [6.45, 7) is 14.4. The molecule has 3 atom stereocenters. The van der Waals surface area contributed by atoms with Crippen LogP contribution < -0.4 is 0 Å². The Balaban J connectivity index is 1.35. The van der Waals surface area contributed by atoms with Gasteiger partial charge >= 0.3 is 36.4 Å². The molecule has 15 nitrogen and oxygen atoms in total. The third kappa shape index (κ3) is 12.4. The molecule has 6 aliphatic rings. The summed E-state index contributed by atoms with van der Waals surface area (Å²) in [5.74, 6) is -12.7. The van der Waals surface area contributed by atoms with Crippen molar-refractivity contribution in [2.45, 2.75) is 95.6 Å². The average molecular weight is 1030 g/mol. The zero-order valence-electron chi connectivity index (χ0n) is 39.0. The molecule has 3 saturated heterocycles. The van der Waals surface area contributed by atoms with Crippen molar-refractivity contribution >= 4 is 17.9 Å². The van der Waals surface area contributed by atoms with E-state index in [9.17, 15) is 74.9 Å². The molecule has 3 fully saturated rings. The minimum Gasteiger partial charge on any atom is -0.470 e. The van der Waals surface area contributed by atoms with Crippen LogP contribution in [0.4, 0.5) is 39.5 Å². The smallest absolute Gasteiger partial charge is 0.392 e. The number of hydrogen-bond acceptors (Lipinski definition) is 13. The Morgan fingerprint density at radius 2 is 0.863 bits per heavy atom. The maximum atomic E-state index is 14.3. The largest absolute Gasteiger partial charge is 0.470 e. The summed E-state index contributed by atoms with van der Waals surface area (Å²) in [6, 6.07) is 6.66. The first-order valence-corrected chi connectivity index (χ1v) is 23.3. The fraction of sp³-hybridized carbons (Fsp3) is 0.571. The van der Waals surface area contributed by atoms with Crippen molar-refractivity contribution in [1.82, 2.24) is 14.7 Å². The van der Waals surface area contributed by atoms with Crippen molar-refractivity contribution in [1.29, 1.82) is 21.0 Å². The van der Waals surface area contributed by atoms with E-state index in [1.807, 2.05) is 12.1 Å². The number of esters is 3. The molecule has 3 aliphatic heterocycles. The Morgan fingerprint density at radius 3 is 1.18 bits per heavy atom. The number of halogens is 9. The quantitative estimate of drug-likeness (QED) is 0.0450. The average Bonchev–Trinajstić information content (AvgIpc) is 4.19. The summed E-state index contributed by atoms with van der Waals surface area (Å²) in [6.07, 6.45) is -15.6. The van der Waals surface area contributed by atoms with Crippen molar-refractivity contribution in [3.63, 3.8) is 0 Å². The van der Waals surface area contributed by atoms with Gasteiger partial charge in [-0.05, 0) is 80.9 Å². The lowest BCUT2D eigenvalue weighted by molar-refractivity contribution is -0.176. The molecule has 0 radical (unpaired) electrons. The lowest BCUT2D eigenvalue weighted by atomic mass is 9.80. The number of rotatable bonds is 12. The summed E-state index contributed by atoms with van der Waals surface area (Å²) in [7, 11) is 0. The minimum absolute atomic E-state index is 0.0190. The number of carbonyl (C=O) groups excluding carboxylic acids is 3. The van der Waals surface area contributed by atoms with Gasteiger partial charge in [0, 0.05) is 69.2 Å². The second kappa shape index (κ2) is 23.0. The van der Waals surface area contributed by atoms with Gasteiger partial charge in [0.25, 0.3) is 5.70 Å². The molecule has 3 unspecified atom stereocenters. The Morgan fingerprint density at radius 1 is 0.534 bits per heavy atom. The number of likely N-dealkylation sites (tertiary alicyclic amines) is 3. The molecule has 0 aromatic rings. The molecule has 0 spiro atoms. The SMILES string of the molecule is [C-]#[N+]C1=C(N2CCCC2)CC(C(F)(F)F)C/C1=C(/[N+]#[C-])C(=O)OCC(COC(=O)/C(C#N)=C1\CC(C(F)(F)F)CC(N2CCCC2)=C1C#N)COC(=O)/C(C#N)=C1\CC(C(F)(F)F)CC(N2CCCC2)=C1C#N. The predicted octanol–water partition coefficient (Wildman–Crippen LogP) is 8.94. The highest BCUT2D eigenvalue weighted by molar-refractivity contribution is 5.96. The van der Waals surface area contributed by atoms with Crippen molar-refractivity contribution < 1.29 is 68.1 Å². The fourth-order valence-electron chi connectivity index (χ4n) is 9.99. The Kier molecular flexibility index (Phi) is 17.3. The molecule has 0 aromatic heterocycles. The summed E-state index contributed by atoms with van der Waals surface area (Å²) >= 11 is 0. The number of ether oxygens (including phenoxy) is 3. The van der Waals surface area contributed by atoms with E-state index in [4.69, 9.17) is 27.4 Å². The first kappa shape index (κ1) is 54.9. The lowest BCUT2D eigenvalue weighted by Gasteiger charge is -2.34. The van der Waals surface area contributed by atoms with Gasteiger partial charge in [0.05, 0.1) is 54.6 Å². The van der Waals surface area contributed by atoms with E-state index in [0.717, 1.165) is 0 Å². The summed E-state index contributed by atoms with van der Waals surface area (Å²) < 4.78 is 145. The van der Waals surface area contributed by atoms with Gasteiger partial charge in [-0.1, -0.05) is 0 Å². The highest BCUT2D eigenvalue weighted by Gasteiger charge is 2.49. The molecule has 73 heavy (non-hydrogen) atoms. The van der Waals surface area contributed by atoms with E-state index in [1.165, 1.54) is 12.1 Å². The molecular formula is C49H46F9N9O6. The van der Waals surface area contributed by atoms with Crippen LogP contribution in [0.25, 0.3) is 9.69 Å². The second-order valence-electron chi connectivity index (χ2n) is 18.3. The number of allylic oxidation sites excluding steroid dienone is 8. The summed E-state index contributed by atoms with van der Waals surface area (Å²) in [5.41, 5.74) is -5.86. The summed E-state index contributed by atoms with van der Waals surface area (Å²) in [5, 5.41) is 40.8. The van der Waals surface area contributed by atoms with Crippen LogP contribution in [0.2, 0.25) is 0 Å². The number of hydrogen-bond donors (Lipinski definition) is 0. The van der Waals surface area contributed by atoms with Gasteiger partial charge in [-0.3, -0.25) is 4.79 Å². The third-order valence-corrected chi connectivity index (χ3v) is 13.8. The zero-order chi connectivity index (χ0) is 53.4. The standard InChI is InChI=1S/C49H46F9N9O6/c1-63-42-34(17-31(49(56,57)58)20-41(42)67-13-7-8-14-67)43(64-2)46(70)73-27-28(25-71-44(68)37(23-61)32-15-29(47(50,51)52)18-39(35(32)21-59)65-9-3-4-10-65)26-72-45(69)38(24-62)33-16-30(48(53,54)55)19-40(36(33)22-60)66-11-5-6-12-66/h28-31H,3-20,25-27H2/b37-32+,38-33+,43-34-. The number of nitrogens with zero attached hydrogens (tertiary/aromatic N) is 9. The normalized spacial score (nSPS) is 24.4.